The molecular formula is C11H7IO2S. The summed E-state index contributed by atoms with van der Waals surface area (Å²) in [6.07, 6.45) is 0.675. The highest BCUT2D eigenvalue weighted by Gasteiger charge is 2.08. The van der Waals surface area contributed by atoms with E-state index in [-0.39, 0.29) is 5.75 Å². The normalized spacial score (nSPS) is 10.2. The summed E-state index contributed by atoms with van der Waals surface area (Å²) in [6.45, 7) is 0. The summed E-state index contributed by atoms with van der Waals surface area (Å²) < 4.78 is 0.695. The number of carbonyl (C=O) groups is 1. The van der Waals surface area contributed by atoms with Crippen LogP contribution in [-0.4, -0.2) is 11.4 Å². The minimum Gasteiger partial charge on any atom is -0.506 e. The molecule has 2 rings (SSSR count). The number of aromatic hydroxyl groups is 1. The molecule has 0 aliphatic carbocycles. The van der Waals surface area contributed by atoms with E-state index in [2.05, 4.69) is 0 Å². The molecule has 0 radical (unpaired) electrons. The molecule has 0 amide bonds. The molecule has 76 valence electrons. The fraction of sp³-hybridized carbons (Fsp3) is 0. The van der Waals surface area contributed by atoms with E-state index in [1.807, 2.05) is 46.2 Å². The molecular weight excluding hydrogens is 323 g/mol. The lowest BCUT2D eigenvalue weighted by molar-refractivity contribution is 0.112. The van der Waals surface area contributed by atoms with E-state index in [0.717, 1.165) is 10.4 Å². The van der Waals surface area contributed by atoms with Crippen molar-refractivity contribution in [2.75, 3.05) is 0 Å². The molecule has 0 aliphatic heterocycles. The zero-order valence-electron chi connectivity index (χ0n) is 7.61. The van der Waals surface area contributed by atoms with Crippen LogP contribution in [0, 0.1) is 3.57 Å². The fourth-order valence-corrected chi connectivity index (χ4v) is 2.66. The summed E-state index contributed by atoms with van der Waals surface area (Å²) in [6, 6.07) is 7.52. The zero-order valence-corrected chi connectivity index (χ0v) is 10.6. The van der Waals surface area contributed by atoms with Crippen LogP contribution >= 0.6 is 33.9 Å². The van der Waals surface area contributed by atoms with Crippen LogP contribution in [0.5, 0.6) is 5.75 Å². The summed E-state index contributed by atoms with van der Waals surface area (Å²) in [4.78, 5) is 11.8. The SMILES string of the molecule is O=Cc1cc(-c2cccs2)cc(I)c1O. The predicted molar refractivity (Wildman–Crippen MR) is 69.5 cm³/mol. The van der Waals surface area contributed by atoms with Crippen LogP contribution in [-0.2, 0) is 0 Å². The molecule has 0 fully saturated rings. The van der Waals surface area contributed by atoms with E-state index in [1.54, 1.807) is 17.4 Å². The largest absolute Gasteiger partial charge is 0.506 e. The van der Waals surface area contributed by atoms with Gasteiger partial charge in [0.05, 0.1) is 9.13 Å². The molecule has 0 saturated heterocycles. The number of rotatable bonds is 2. The Morgan fingerprint density at radius 2 is 2.20 bits per heavy atom. The Morgan fingerprint density at radius 1 is 1.40 bits per heavy atom. The predicted octanol–water partition coefficient (Wildman–Crippen LogP) is 3.54. The molecule has 1 aromatic carbocycles. The summed E-state index contributed by atoms with van der Waals surface area (Å²) in [5.41, 5.74) is 1.31. The number of hydrogen-bond acceptors (Lipinski definition) is 3. The van der Waals surface area contributed by atoms with Gasteiger partial charge in [-0.15, -0.1) is 11.3 Å². The summed E-state index contributed by atoms with van der Waals surface area (Å²) in [5, 5.41) is 11.6. The number of thiophene rings is 1. The van der Waals surface area contributed by atoms with E-state index >= 15 is 0 Å². The van der Waals surface area contributed by atoms with Gasteiger partial charge < -0.3 is 5.11 Å². The van der Waals surface area contributed by atoms with Crippen molar-refractivity contribution < 1.29 is 9.90 Å². The van der Waals surface area contributed by atoms with E-state index in [1.165, 1.54) is 0 Å². The van der Waals surface area contributed by atoms with Gasteiger partial charge in [0, 0.05) is 4.88 Å². The lowest BCUT2D eigenvalue weighted by Gasteiger charge is -2.04. The van der Waals surface area contributed by atoms with Crippen LogP contribution in [0.15, 0.2) is 29.6 Å². The quantitative estimate of drug-likeness (QED) is 0.676. The third kappa shape index (κ3) is 2.05. The lowest BCUT2D eigenvalue weighted by atomic mass is 10.1. The Labute approximate surface area is 105 Å². The number of halogens is 1. The molecule has 0 bridgehead atoms. The number of hydrogen-bond donors (Lipinski definition) is 1. The maximum absolute atomic E-state index is 10.7. The Morgan fingerprint density at radius 3 is 2.80 bits per heavy atom. The Bertz CT molecular complexity index is 492. The van der Waals surface area contributed by atoms with Gasteiger partial charge in [-0.2, -0.15) is 0 Å². The smallest absolute Gasteiger partial charge is 0.153 e. The van der Waals surface area contributed by atoms with Gasteiger partial charge in [0.15, 0.2) is 6.29 Å². The first-order chi connectivity index (χ1) is 7.22. The maximum atomic E-state index is 10.7. The van der Waals surface area contributed by atoms with E-state index in [9.17, 15) is 9.90 Å². The molecule has 2 nitrogen and oxygen atoms in total. The van der Waals surface area contributed by atoms with Gasteiger partial charge in [0.1, 0.15) is 5.75 Å². The fourth-order valence-electron chi connectivity index (χ4n) is 1.30. The van der Waals surface area contributed by atoms with Gasteiger partial charge in [-0.05, 0) is 51.7 Å². The van der Waals surface area contributed by atoms with Crippen molar-refractivity contribution in [3.05, 3.63) is 38.8 Å². The standard InChI is InChI=1S/C11H7IO2S/c12-9-5-7(10-2-1-3-15-10)4-8(6-13)11(9)14/h1-6,14H. The third-order valence-electron chi connectivity index (χ3n) is 2.03. The van der Waals surface area contributed by atoms with Crippen molar-refractivity contribution >= 4 is 40.2 Å². The number of benzene rings is 1. The highest BCUT2D eigenvalue weighted by molar-refractivity contribution is 14.1. The van der Waals surface area contributed by atoms with E-state index < -0.39 is 0 Å². The van der Waals surface area contributed by atoms with Crippen molar-refractivity contribution in [2.45, 2.75) is 0 Å². The molecule has 0 unspecified atom stereocenters. The summed E-state index contributed by atoms with van der Waals surface area (Å²) in [5.74, 6) is 0.0610. The molecule has 2 aromatic rings. The first-order valence-corrected chi connectivity index (χ1v) is 6.20. The number of carbonyl (C=O) groups excluding carboxylic acids is 1. The zero-order chi connectivity index (χ0) is 10.8. The van der Waals surface area contributed by atoms with Gasteiger partial charge in [-0.3, -0.25) is 4.79 Å². The van der Waals surface area contributed by atoms with Crippen LogP contribution in [0.2, 0.25) is 0 Å². The second kappa shape index (κ2) is 4.32. The minimum absolute atomic E-state index is 0.0610. The van der Waals surface area contributed by atoms with Crippen molar-refractivity contribution in [1.29, 1.82) is 0 Å². The highest BCUT2D eigenvalue weighted by Crippen LogP contribution is 2.32. The topological polar surface area (TPSA) is 37.3 Å². The van der Waals surface area contributed by atoms with Crippen molar-refractivity contribution in [2.24, 2.45) is 0 Å². The van der Waals surface area contributed by atoms with Gasteiger partial charge >= 0.3 is 0 Å². The molecule has 0 atom stereocenters. The van der Waals surface area contributed by atoms with Crippen LogP contribution in [0.1, 0.15) is 10.4 Å². The average Bonchev–Trinajstić information content (AvgIpc) is 2.75. The Balaban J connectivity index is 2.60. The van der Waals surface area contributed by atoms with Crippen LogP contribution in [0.3, 0.4) is 0 Å². The van der Waals surface area contributed by atoms with Gasteiger partial charge in [0.2, 0.25) is 0 Å². The minimum atomic E-state index is 0.0610. The Hall–Kier alpha value is -0.880. The molecule has 1 aromatic heterocycles. The summed E-state index contributed by atoms with van der Waals surface area (Å²) in [7, 11) is 0. The van der Waals surface area contributed by atoms with Crippen molar-refractivity contribution in [3.63, 3.8) is 0 Å². The van der Waals surface area contributed by atoms with Gasteiger partial charge in [0.25, 0.3) is 0 Å². The maximum Gasteiger partial charge on any atom is 0.153 e. The number of phenolic OH excluding ortho intramolecular Hbond substituents is 1. The van der Waals surface area contributed by atoms with Gasteiger partial charge in [-0.1, -0.05) is 6.07 Å². The summed E-state index contributed by atoms with van der Waals surface area (Å²) >= 11 is 3.63. The molecule has 4 heteroatoms. The van der Waals surface area contributed by atoms with Crippen LogP contribution in [0.25, 0.3) is 10.4 Å². The van der Waals surface area contributed by atoms with E-state index in [0.29, 0.717) is 15.4 Å². The molecule has 1 heterocycles. The monoisotopic (exact) mass is 330 g/mol. The van der Waals surface area contributed by atoms with Gasteiger partial charge in [-0.25, -0.2) is 0 Å². The second-order valence-electron chi connectivity index (χ2n) is 2.99. The average molecular weight is 330 g/mol. The lowest BCUT2D eigenvalue weighted by Crippen LogP contribution is -1.86. The molecule has 15 heavy (non-hydrogen) atoms. The molecule has 0 saturated carbocycles. The van der Waals surface area contributed by atoms with Crippen molar-refractivity contribution in [3.8, 4) is 16.2 Å². The number of aldehydes is 1. The van der Waals surface area contributed by atoms with Crippen LogP contribution < -0.4 is 0 Å². The second-order valence-corrected chi connectivity index (χ2v) is 5.10. The molecule has 0 aliphatic rings. The third-order valence-corrected chi connectivity index (χ3v) is 3.77. The number of phenols is 1. The first-order valence-electron chi connectivity index (χ1n) is 4.24. The highest BCUT2D eigenvalue weighted by atomic mass is 127. The van der Waals surface area contributed by atoms with Crippen LogP contribution in [0.4, 0.5) is 0 Å². The first kappa shape index (κ1) is 10.6. The van der Waals surface area contributed by atoms with Crippen molar-refractivity contribution in [1.82, 2.24) is 0 Å². The van der Waals surface area contributed by atoms with E-state index in [4.69, 9.17) is 0 Å². The Kier molecular flexibility index (Phi) is 3.06. The molecule has 1 N–H and O–H groups in total. The molecule has 0 spiro atoms.